The van der Waals surface area contributed by atoms with E-state index < -0.39 is 0 Å². The standard InChI is InChI=1S/C15H13NO2/c1-2-18-15(17)13-9-16-14-11-6-4-3-5-10(11)7-8-12(13)14/h3-9,16H,2H2,1H3. The van der Waals surface area contributed by atoms with Crippen LogP contribution in [-0.2, 0) is 4.74 Å². The molecule has 18 heavy (non-hydrogen) atoms. The van der Waals surface area contributed by atoms with E-state index in [1.165, 1.54) is 0 Å². The lowest BCUT2D eigenvalue weighted by atomic mass is 10.1. The zero-order chi connectivity index (χ0) is 12.5. The van der Waals surface area contributed by atoms with E-state index in [1.54, 1.807) is 6.20 Å². The van der Waals surface area contributed by atoms with Crippen molar-refractivity contribution < 1.29 is 9.53 Å². The van der Waals surface area contributed by atoms with Gasteiger partial charge in [-0.3, -0.25) is 0 Å². The van der Waals surface area contributed by atoms with Crippen molar-refractivity contribution >= 4 is 27.6 Å². The molecular formula is C15H13NO2. The lowest BCUT2D eigenvalue weighted by Crippen LogP contribution is -2.03. The molecule has 3 aromatic rings. The first-order valence-electron chi connectivity index (χ1n) is 5.97. The predicted molar refractivity (Wildman–Crippen MR) is 71.8 cm³/mol. The van der Waals surface area contributed by atoms with Gasteiger partial charge in [0.2, 0.25) is 0 Å². The Bertz CT molecular complexity index is 728. The first kappa shape index (κ1) is 10.8. The number of esters is 1. The number of fused-ring (bicyclic) bond motifs is 3. The molecule has 0 saturated carbocycles. The molecule has 2 aromatic carbocycles. The number of rotatable bonds is 2. The van der Waals surface area contributed by atoms with Crippen LogP contribution in [0, 0.1) is 0 Å². The number of aromatic amines is 1. The Morgan fingerprint density at radius 3 is 2.83 bits per heavy atom. The van der Waals surface area contributed by atoms with Crippen LogP contribution in [0.25, 0.3) is 21.7 Å². The molecule has 0 atom stereocenters. The van der Waals surface area contributed by atoms with Crippen molar-refractivity contribution in [2.24, 2.45) is 0 Å². The molecule has 0 radical (unpaired) electrons. The average Bonchev–Trinajstić information content (AvgIpc) is 2.83. The van der Waals surface area contributed by atoms with Gasteiger partial charge < -0.3 is 9.72 Å². The van der Waals surface area contributed by atoms with Crippen molar-refractivity contribution in [3.05, 3.63) is 48.2 Å². The molecule has 90 valence electrons. The van der Waals surface area contributed by atoms with Gasteiger partial charge in [0.15, 0.2) is 0 Å². The minimum Gasteiger partial charge on any atom is -0.462 e. The number of carbonyl (C=O) groups is 1. The number of H-pyrrole nitrogens is 1. The van der Waals surface area contributed by atoms with E-state index in [-0.39, 0.29) is 5.97 Å². The van der Waals surface area contributed by atoms with Crippen molar-refractivity contribution in [2.75, 3.05) is 6.61 Å². The topological polar surface area (TPSA) is 42.1 Å². The average molecular weight is 239 g/mol. The molecule has 0 fully saturated rings. The van der Waals surface area contributed by atoms with Crippen LogP contribution in [0.3, 0.4) is 0 Å². The fourth-order valence-corrected chi connectivity index (χ4v) is 2.25. The molecule has 3 nitrogen and oxygen atoms in total. The molecule has 1 aromatic heterocycles. The molecule has 3 rings (SSSR count). The number of hydrogen-bond acceptors (Lipinski definition) is 2. The molecular weight excluding hydrogens is 226 g/mol. The van der Waals surface area contributed by atoms with Gasteiger partial charge in [0.25, 0.3) is 0 Å². The Kier molecular flexibility index (Phi) is 2.52. The van der Waals surface area contributed by atoms with Crippen molar-refractivity contribution in [3.8, 4) is 0 Å². The number of benzene rings is 2. The third-order valence-electron chi connectivity index (χ3n) is 3.08. The zero-order valence-electron chi connectivity index (χ0n) is 10.1. The Morgan fingerprint density at radius 1 is 1.17 bits per heavy atom. The van der Waals surface area contributed by atoms with Crippen LogP contribution >= 0.6 is 0 Å². The van der Waals surface area contributed by atoms with Crippen LogP contribution in [0.2, 0.25) is 0 Å². The Morgan fingerprint density at radius 2 is 2.00 bits per heavy atom. The van der Waals surface area contributed by atoms with Gasteiger partial charge in [0.1, 0.15) is 0 Å². The van der Waals surface area contributed by atoms with Gasteiger partial charge >= 0.3 is 5.97 Å². The van der Waals surface area contributed by atoms with Gasteiger partial charge in [-0.15, -0.1) is 0 Å². The second-order valence-electron chi connectivity index (χ2n) is 4.13. The smallest absolute Gasteiger partial charge is 0.340 e. The summed E-state index contributed by atoms with van der Waals surface area (Å²) in [6.45, 7) is 2.20. The summed E-state index contributed by atoms with van der Waals surface area (Å²) in [5.74, 6) is -0.279. The van der Waals surface area contributed by atoms with E-state index in [0.29, 0.717) is 12.2 Å². The van der Waals surface area contributed by atoms with Crippen LogP contribution < -0.4 is 0 Å². The van der Waals surface area contributed by atoms with Gasteiger partial charge in [0, 0.05) is 17.0 Å². The number of ether oxygens (including phenoxy) is 1. The Labute approximate surface area is 104 Å². The number of hydrogen-bond donors (Lipinski definition) is 1. The largest absolute Gasteiger partial charge is 0.462 e. The summed E-state index contributed by atoms with van der Waals surface area (Å²) in [5.41, 5.74) is 1.58. The molecule has 0 aliphatic carbocycles. The minimum absolute atomic E-state index is 0.279. The summed E-state index contributed by atoms with van der Waals surface area (Å²) in [6, 6.07) is 12.1. The van der Waals surface area contributed by atoms with Crippen LogP contribution in [-0.4, -0.2) is 17.6 Å². The first-order valence-corrected chi connectivity index (χ1v) is 5.97. The summed E-state index contributed by atoms with van der Waals surface area (Å²) in [6.07, 6.45) is 1.72. The molecule has 1 heterocycles. The molecule has 0 amide bonds. The molecule has 0 bridgehead atoms. The van der Waals surface area contributed by atoms with E-state index in [2.05, 4.69) is 11.1 Å². The second kappa shape index (κ2) is 4.18. The van der Waals surface area contributed by atoms with E-state index in [9.17, 15) is 4.79 Å². The third kappa shape index (κ3) is 1.56. The van der Waals surface area contributed by atoms with Gasteiger partial charge in [0.05, 0.1) is 17.7 Å². The van der Waals surface area contributed by atoms with E-state index >= 15 is 0 Å². The predicted octanol–water partition coefficient (Wildman–Crippen LogP) is 3.50. The highest BCUT2D eigenvalue weighted by Gasteiger charge is 2.13. The summed E-state index contributed by atoms with van der Waals surface area (Å²) < 4.78 is 5.05. The van der Waals surface area contributed by atoms with Gasteiger partial charge in [-0.1, -0.05) is 36.4 Å². The maximum atomic E-state index is 11.8. The zero-order valence-corrected chi connectivity index (χ0v) is 10.1. The maximum Gasteiger partial charge on any atom is 0.340 e. The van der Waals surface area contributed by atoms with Gasteiger partial charge in [-0.2, -0.15) is 0 Å². The highest BCUT2D eigenvalue weighted by atomic mass is 16.5. The normalized spacial score (nSPS) is 10.9. The summed E-state index contributed by atoms with van der Waals surface area (Å²) >= 11 is 0. The first-order chi connectivity index (χ1) is 8.81. The highest BCUT2D eigenvalue weighted by molar-refractivity contribution is 6.13. The summed E-state index contributed by atoms with van der Waals surface area (Å²) in [7, 11) is 0. The number of aromatic nitrogens is 1. The van der Waals surface area contributed by atoms with Crippen LogP contribution in [0.4, 0.5) is 0 Å². The van der Waals surface area contributed by atoms with Crippen molar-refractivity contribution in [2.45, 2.75) is 6.92 Å². The highest BCUT2D eigenvalue weighted by Crippen LogP contribution is 2.27. The van der Waals surface area contributed by atoms with E-state index in [0.717, 1.165) is 21.7 Å². The van der Waals surface area contributed by atoms with Gasteiger partial charge in [-0.25, -0.2) is 4.79 Å². The van der Waals surface area contributed by atoms with Crippen molar-refractivity contribution in [1.29, 1.82) is 0 Å². The second-order valence-corrected chi connectivity index (χ2v) is 4.13. The fraction of sp³-hybridized carbons (Fsp3) is 0.133. The molecule has 0 aliphatic rings. The molecule has 0 aliphatic heterocycles. The summed E-state index contributed by atoms with van der Waals surface area (Å²) in [5, 5.41) is 3.18. The van der Waals surface area contributed by atoms with Crippen LogP contribution in [0.1, 0.15) is 17.3 Å². The summed E-state index contributed by atoms with van der Waals surface area (Å²) in [4.78, 5) is 15.0. The van der Waals surface area contributed by atoms with E-state index in [4.69, 9.17) is 4.74 Å². The molecule has 3 heteroatoms. The van der Waals surface area contributed by atoms with Gasteiger partial charge in [-0.05, 0) is 12.3 Å². The SMILES string of the molecule is CCOC(=O)c1c[nH]c2c1ccc1ccccc12. The number of carbonyl (C=O) groups excluding carboxylic acids is 1. The van der Waals surface area contributed by atoms with Crippen molar-refractivity contribution in [3.63, 3.8) is 0 Å². The molecule has 0 saturated heterocycles. The Hall–Kier alpha value is -2.29. The fourth-order valence-electron chi connectivity index (χ4n) is 2.25. The monoisotopic (exact) mass is 239 g/mol. The quantitative estimate of drug-likeness (QED) is 0.695. The Balaban J connectivity index is 2.26. The van der Waals surface area contributed by atoms with Crippen LogP contribution in [0.15, 0.2) is 42.6 Å². The molecule has 0 spiro atoms. The van der Waals surface area contributed by atoms with Crippen LogP contribution in [0.5, 0.6) is 0 Å². The van der Waals surface area contributed by atoms with E-state index in [1.807, 2.05) is 37.3 Å². The third-order valence-corrected chi connectivity index (χ3v) is 3.08. The molecule has 1 N–H and O–H groups in total. The van der Waals surface area contributed by atoms with Crippen molar-refractivity contribution in [1.82, 2.24) is 4.98 Å². The number of nitrogens with one attached hydrogen (secondary N) is 1. The molecule has 0 unspecified atom stereocenters. The maximum absolute atomic E-state index is 11.8. The lowest BCUT2D eigenvalue weighted by Gasteiger charge is -2.01. The minimum atomic E-state index is -0.279. The lowest BCUT2D eigenvalue weighted by molar-refractivity contribution is 0.0529.